The molecule has 0 saturated heterocycles. The van der Waals surface area contributed by atoms with Crippen molar-refractivity contribution < 1.29 is 9.90 Å². The summed E-state index contributed by atoms with van der Waals surface area (Å²) in [6.07, 6.45) is 1.88. The van der Waals surface area contributed by atoms with E-state index in [1.165, 1.54) is 10.6 Å². The zero-order valence-corrected chi connectivity index (χ0v) is 10.8. The molecule has 2 N–H and O–H groups in total. The van der Waals surface area contributed by atoms with Gasteiger partial charge in [0.05, 0.1) is 12.6 Å². The van der Waals surface area contributed by atoms with Crippen LogP contribution in [-0.2, 0) is 11.3 Å². The summed E-state index contributed by atoms with van der Waals surface area (Å²) in [6.45, 7) is 4.14. The van der Waals surface area contributed by atoms with Gasteiger partial charge < -0.3 is 15.0 Å². The number of nitrogens with zero attached hydrogens (tertiary/aromatic N) is 1. The smallest absolute Gasteiger partial charge is 0.250 e. The third-order valence-electron chi connectivity index (χ3n) is 2.83. The monoisotopic (exact) mass is 252 g/mol. The SMILES string of the molecule is CC(C)[C@@H](CO)NC(=O)CCn1ccccc1=O. The fourth-order valence-corrected chi connectivity index (χ4v) is 1.57. The van der Waals surface area contributed by atoms with E-state index in [1.54, 1.807) is 18.3 Å². The molecule has 0 aliphatic rings. The Balaban J connectivity index is 2.47. The number of carbonyl (C=O) groups excluding carboxylic acids is 1. The van der Waals surface area contributed by atoms with E-state index in [4.69, 9.17) is 5.11 Å². The lowest BCUT2D eigenvalue weighted by atomic mass is 10.1. The molecule has 5 heteroatoms. The Kier molecular flexibility index (Phi) is 5.58. The van der Waals surface area contributed by atoms with Crippen molar-refractivity contribution in [2.45, 2.75) is 32.9 Å². The first-order valence-corrected chi connectivity index (χ1v) is 6.10. The second-order valence-corrected chi connectivity index (χ2v) is 4.58. The predicted molar refractivity (Wildman–Crippen MR) is 69.2 cm³/mol. The molecular formula is C13H20N2O3. The van der Waals surface area contributed by atoms with E-state index in [1.807, 2.05) is 13.8 Å². The summed E-state index contributed by atoms with van der Waals surface area (Å²) >= 11 is 0. The van der Waals surface area contributed by atoms with Gasteiger partial charge in [-0.15, -0.1) is 0 Å². The maximum absolute atomic E-state index is 11.7. The van der Waals surface area contributed by atoms with E-state index < -0.39 is 0 Å². The third kappa shape index (κ3) is 4.33. The fraction of sp³-hybridized carbons (Fsp3) is 0.538. The number of carbonyl (C=O) groups is 1. The Morgan fingerprint density at radius 2 is 2.17 bits per heavy atom. The van der Waals surface area contributed by atoms with Crippen molar-refractivity contribution in [1.29, 1.82) is 0 Å². The molecular weight excluding hydrogens is 232 g/mol. The first-order chi connectivity index (χ1) is 8.54. The molecule has 1 aromatic rings. The van der Waals surface area contributed by atoms with Gasteiger partial charge in [-0.1, -0.05) is 19.9 Å². The second-order valence-electron chi connectivity index (χ2n) is 4.58. The lowest BCUT2D eigenvalue weighted by Gasteiger charge is -2.19. The van der Waals surface area contributed by atoms with Gasteiger partial charge in [0.25, 0.3) is 5.56 Å². The van der Waals surface area contributed by atoms with E-state index >= 15 is 0 Å². The first kappa shape index (κ1) is 14.4. The minimum Gasteiger partial charge on any atom is -0.394 e. The van der Waals surface area contributed by atoms with Gasteiger partial charge in [-0.2, -0.15) is 0 Å². The van der Waals surface area contributed by atoms with Gasteiger partial charge in [-0.05, 0) is 12.0 Å². The predicted octanol–water partition coefficient (Wildman–Crippen LogP) is 0.371. The summed E-state index contributed by atoms with van der Waals surface area (Å²) in [6, 6.07) is 4.65. The number of aromatic nitrogens is 1. The number of aliphatic hydroxyl groups excluding tert-OH is 1. The van der Waals surface area contributed by atoms with E-state index in [2.05, 4.69) is 5.32 Å². The Bertz CT molecular complexity index is 440. The van der Waals surface area contributed by atoms with E-state index in [0.29, 0.717) is 6.54 Å². The van der Waals surface area contributed by atoms with Crippen LogP contribution in [0.3, 0.4) is 0 Å². The highest BCUT2D eigenvalue weighted by Gasteiger charge is 2.14. The molecule has 100 valence electrons. The molecule has 0 aromatic carbocycles. The van der Waals surface area contributed by atoms with Crippen molar-refractivity contribution in [2.75, 3.05) is 6.61 Å². The summed E-state index contributed by atoms with van der Waals surface area (Å²) < 4.78 is 1.49. The van der Waals surface area contributed by atoms with Crippen LogP contribution in [-0.4, -0.2) is 28.2 Å². The van der Waals surface area contributed by atoms with Crippen LogP contribution in [0.4, 0.5) is 0 Å². The Labute approximate surface area is 106 Å². The second kappa shape index (κ2) is 6.96. The molecule has 0 radical (unpaired) electrons. The number of hydrogen-bond donors (Lipinski definition) is 2. The van der Waals surface area contributed by atoms with Crippen LogP contribution in [0.25, 0.3) is 0 Å². The molecule has 0 fully saturated rings. The van der Waals surface area contributed by atoms with Crippen LogP contribution in [0.5, 0.6) is 0 Å². The minimum atomic E-state index is -0.231. The summed E-state index contributed by atoms with van der Waals surface area (Å²) in [4.78, 5) is 23.1. The zero-order chi connectivity index (χ0) is 13.5. The molecule has 0 unspecified atom stereocenters. The molecule has 5 nitrogen and oxygen atoms in total. The fourth-order valence-electron chi connectivity index (χ4n) is 1.57. The van der Waals surface area contributed by atoms with Crippen molar-refractivity contribution in [3.05, 3.63) is 34.7 Å². The van der Waals surface area contributed by atoms with E-state index in [-0.39, 0.29) is 36.5 Å². The number of pyridine rings is 1. The molecule has 0 aliphatic heterocycles. The van der Waals surface area contributed by atoms with E-state index in [0.717, 1.165) is 0 Å². The van der Waals surface area contributed by atoms with Gasteiger partial charge in [-0.25, -0.2) is 0 Å². The molecule has 0 bridgehead atoms. The topological polar surface area (TPSA) is 71.3 Å². The number of hydrogen-bond acceptors (Lipinski definition) is 3. The van der Waals surface area contributed by atoms with Crippen molar-refractivity contribution in [1.82, 2.24) is 9.88 Å². The number of amides is 1. The largest absolute Gasteiger partial charge is 0.394 e. The molecule has 0 spiro atoms. The summed E-state index contributed by atoms with van der Waals surface area (Å²) in [5, 5.41) is 11.9. The number of aryl methyl sites for hydroxylation is 1. The molecule has 0 saturated carbocycles. The summed E-state index contributed by atoms with van der Waals surface area (Å²) in [7, 11) is 0. The van der Waals surface area contributed by atoms with Gasteiger partial charge in [0.2, 0.25) is 5.91 Å². The standard InChI is InChI=1S/C13H20N2O3/c1-10(2)11(9-16)14-12(17)6-8-15-7-4-3-5-13(15)18/h3-5,7,10-11,16H,6,8-9H2,1-2H3,(H,14,17)/t11-/m1/s1. The average molecular weight is 252 g/mol. The highest BCUT2D eigenvalue weighted by atomic mass is 16.3. The molecule has 1 atom stereocenters. The highest BCUT2D eigenvalue weighted by Crippen LogP contribution is 2.00. The first-order valence-electron chi connectivity index (χ1n) is 6.10. The van der Waals surface area contributed by atoms with Crippen molar-refractivity contribution >= 4 is 5.91 Å². The van der Waals surface area contributed by atoms with Gasteiger partial charge >= 0.3 is 0 Å². The van der Waals surface area contributed by atoms with Crippen molar-refractivity contribution in [2.24, 2.45) is 5.92 Å². The quantitative estimate of drug-likeness (QED) is 0.768. The molecule has 18 heavy (non-hydrogen) atoms. The average Bonchev–Trinajstić information content (AvgIpc) is 2.34. The Hall–Kier alpha value is -1.62. The van der Waals surface area contributed by atoms with Crippen molar-refractivity contribution in [3.8, 4) is 0 Å². The van der Waals surface area contributed by atoms with E-state index in [9.17, 15) is 9.59 Å². The Morgan fingerprint density at radius 3 is 2.72 bits per heavy atom. The highest BCUT2D eigenvalue weighted by molar-refractivity contribution is 5.76. The summed E-state index contributed by atoms with van der Waals surface area (Å²) in [5.41, 5.74) is -0.118. The number of aliphatic hydroxyl groups is 1. The van der Waals surface area contributed by atoms with Crippen LogP contribution in [0.15, 0.2) is 29.2 Å². The third-order valence-corrected chi connectivity index (χ3v) is 2.83. The normalized spacial score (nSPS) is 12.4. The lowest BCUT2D eigenvalue weighted by molar-refractivity contribution is -0.122. The zero-order valence-electron chi connectivity index (χ0n) is 10.8. The maximum Gasteiger partial charge on any atom is 0.250 e. The van der Waals surface area contributed by atoms with Crippen LogP contribution in [0.2, 0.25) is 0 Å². The number of nitrogens with one attached hydrogen (secondary N) is 1. The van der Waals surface area contributed by atoms with Gasteiger partial charge in [0.1, 0.15) is 0 Å². The minimum absolute atomic E-state index is 0.0747. The van der Waals surface area contributed by atoms with Crippen LogP contribution < -0.4 is 10.9 Å². The van der Waals surface area contributed by atoms with Gasteiger partial charge in [0, 0.05) is 25.2 Å². The lowest BCUT2D eigenvalue weighted by Crippen LogP contribution is -2.41. The number of rotatable bonds is 6. The van der Waals surface area contributed by atoms with Crippen LogP contribution in [0.1, 0.15) is 20.3 Å². The maximum atomic E-state index is 11.7. The molecule has 1 aromatic heterocycles. The van der Waals surface area contributed by atoms with Gasteiger partial charge in [0.15, 0.2) is 0 Å². The van der Waals surface area contributed by atoms with Gasteiger partial charge in [-0.3, -0.25) is 9.59 Å². The summed E-state index contributed by atoms with van der Waals surface area (Å²) in [5.74, 6) is 0.0249. The Morgan fingerprint density at radius 1 is 1.44 bits per heavy atom. The van der Waals surface area contributed by atoms with Crippen LogP contribution in [0, 0.1) is 5.92 Å². The molecule has 0 aliphatic carbocycles. The molecule has 1 amide bonds. The molecule has 1 rings (SSSR count). The van der Waals surface area contributed by atoms with Crippen molar-refractivity contribution in [3.63, 3.8) is 0 Å². The van der Waals surface area contributed by atoms with Crippen LogP contribution >= 0.6 is 0 Å². The molecule has 1 heterocycles.